The van der Waals surface area contributed by atoms with Crippen molar-refractivity contribution in [1.29, 1.82) is 0 Å². The largest absolute Gasteiger partial charge is 0.379 e. The van der Waals surface area contributed by atoms with Crippen molar-refractivity contribution in [2.75, 3.05) is 32.9 Å². The van der Waals surface area contributed by atoms with Crippen molar-refractivity contribution in [3.63, 3.8) is 0 Å². The number of nitrogens with one attached hydrogen (secondary N) is 1. The first-order valence-electron chi connectivity index (χ1n) is 15.5. The third-order valence-corrected chi connectivity index (χ3v) is 9.43. The molecule has 0 spiro atoms. The quantitative estimate of drug-likeness (QED) is 0.272. The second-order valence-electron chi connectivity index (χ2n) is 12.2. The molecule has 9 heteroatoms. The second-order valence-corrected chi connectivity index (χ2v) is 12.2. The second kappa shape index (κ2) is 12.2. The van der Waals surface area contributed by atoms with Crippen LogP contribution in [0.15, 0.2) is 72.9 Å². The SMILES string of the molecule is NC(=O)[C@@H](NC1([C@@H]2CCCC[C@H]2c2ccc(Cn3c(CN4CCOCC4)nc4cccnc43)cc2)CO1)c1ccccc1. The number of carbonyl (C=O) groups excluding carboxylic acids is 1. The van der Waals surface area contributed by atoms with E-state index in [1.165, 1.54) is 17.5 Å². The number of primary amides is 1. The van der Waals surface area contributed by atoms with Crippen LogP contribution in [0.2, 0.25) is 0 Å². The predicted octanol–water partition coefficient (Wildman–Crippen LogP) is 4.13. The van der Waals surface area contributed by atoms with Crippen molar-refractivity contribution in [2.24, 2.45) is 11.7 Å². The Morgan fingerprint density at radius 1 is 1.00 bits per heavy atom. The summed E-state index contributed by atoms with van der Waals surface area (Å²) in [5.74, 6) is 1.26. The van der Waals surface area contributed by atoms with Gasteiger partial charge in [-0.15, -0.1) is 0 Å². The Morgan fingerprint density at radius 3 is 2.51 bits per heavy atom. The Kier molecular flexibility index (Phi) is 7.97. The zero-order valence-corrected chi connectivity index (χ0v) is 24.5. The van der Waals surface area contributed by atoms with Gasteiger partial charge in [0, 0.05) is 25.2 Å². The molecule has 1 amide bonds. The summed E-state index contributed by atoms with van der Waals surface area (Å²) in [6, 6.07) is 22.2. The number of amides is 1. The van der Waals surface area contributed by atoms with E-state index in [4.69, 9.17) is 20.2 Å². The molecule has 4 atom stereocenters. The predicted molar refractivity (Wildman–Crippen MR) is 164 cm³/mol. The molecule has 2 aromatic heterocycles. The molecule has 3 aliphatic rings. The summed E-state index contributed by atoms with van der Waals surface area (Å²) < 4.78 is 14.0. The Labute approximate surface area is 252 Å². The molecule has 1 saturated carbocycles. The van der Waals surface area contributed by atoms with Gasteiger partial charge in [-0.1, -0.05) is 67.4 Å². The molecule has 7 rings (SSSR count). The number of carbonyl (C=O) groups is 1. The fourth-order valence-corrected chi connectivity index (χ4v) is 7.08. The van der Waals surface area contributed by atoms with E-state index in [2.05, 4.69) is 44.0 Å². The molecular formula is C34H40N6O3. The third-order valence-electron chi connectivity index (χ3n) is 9.43. The summed E-state index contributed by atoms with van der Waals surface area (Å²) in [6.45, 7) is 5.45. The number of hydrogen-bond acceptors (Lipinski definition) is 7. The van der Waals surface area contributed by atoms with Gasteiger partial charge in [0.1, 0.15) is 23.1 Å². The Bertz CT molecular complexity index is 1550. The molecule has 43 heavy (non-hydrogen) atoms. The van der Waals surface area contributed by atoms with Crippen molar-refractivity contribution >= 4 is 17.1 Å². The maximum atomic E-state index is 12.5. The van der Waals surface area contributed by atoms with Gasteiger partial charge in [-0.05, 0) is 47.6 Å². The van der Waals surface area contributed by atoms with E-state index in [-0.39, 0.29) is 11.8 Å². The summed E-state index contributed by atoms with van der Waals surface area (Å²) in [5, 5.41) is 3.56. The lowest BCUT2D eigenvalue weighted by Crippen LogP contribution is -2.49. The van der Waals surface area contributed by atoms with Crippen LogP contribution in [-0.4, -0.2) is 64.0 Å². The van der Waals surface area contributed by atoms with Crippen LogP contribution < -0.4 is 11.1 Å². The molecule has 2 aromatic carbocycles. The van der Waals surface area contributed by atoms with E-state index in [0.29, 0.717) is 19.1 Å². The summed E-state index contributed by atoms with van der Waals surface area (Å²) in [4.78, 5) is 24.6. The van der Waals surface area contributed by atoms with Crippen molar-refractivity contribution < 1.29 is 14.3 Å². The number of hydrogen-bond donors (Lipinski definition) is 2. The molecule has 4 heterocycles. The number of epoxide rings is 1. The molecule has 2 aliphatic heterocycles. The highest BCUT2D eigenvalue weighted by Gasteiger charge is 2.56. The van der Waals surface area contributed by atoms with Crippen LogP contribution >= 0.6 is 0 Å². The van der Waals surface area contributed by atoms with Crippen molar-refractivity contribution in [3.8, 4) is 0 Å². The molecule has 0 bridgehead atoms. The van der Waals surface area contributed by atoms with Crippen LogP contribution in [-0.2, 0) is 27.4 Å². The lowest BCUT2D eigenvalue weighted by molar-refractivity contribution is -0.121. The Balaban J connectivity index is 1.11. The van der Waals surface area contributed by atoms with Gasteiger partial charge in [0.25, 0.3) is 0 Å². The molecule has 1 aliphatic carbocycles. The van der Waals surface area contributed by atoms with Crippen LogP contribution in [0.3, 0.4) is 0 Å². The fraction of sp³-hybridized carbons (Fsp3) is 0.441. The van der Waals surface area contributed by atoms with Gasteiger partial charge in [0.2, 0.25) is 5.91 Å². The molecule has 4 aromatic rings. The van der Waals surface area contributed by atoms with E-state index in [1.807, 2.05) is 48.7 Å². The minimum Gasteiger partial charge on any atom is -0.379 e. The number of ether oxygens (including phenoxy) is 2. The lowest BCUT2D eigenvalue weighted by Gasteiger charge is -2.37. The molecule has 3 fully saturated rings. The first-order valence-corrected chi connectivity index (χ1v) is 15.5. The topological polar surface area (TPSA) is 111 Å². The van der Waals surface area contributed by atoms with E-state index in [1.54, 1.807) is 0 Å². The maximum absolute atomic E-state index is 12.5. The van der Waals surface area contributed by atoms with Gasteiger partial charge in [-0.25, -0.2) is 9.97 Å². The number of benzene rings is 2. The average Bonchev–Trinajstić information content (AvgIpc) is 3.77. The summed E-state index contributed by atoms with van der Waals surface area (Å²) in [6.07, 6.45) is 6.34. The maximum Gasteiger partial charge on any atom is 0.239 e. The molecule has 224 valence electrons. The molecular weight excluding hydrogens is 540 g/mol. The first-order chi connectivity index (χ1) is 21.1. The molecule has 9 nitrogen and oxygen atoms in total. The summed E-state index contributed by atoms with van der Waals surface area (Å²) >= 11 is 0. The van der Waals surface area contributed by atoms with Crippen molar-refractivity contribution in [3.05, 3.63) is 95.4 Å². The molecule has 1 unspecified atom stereocenters. The number of pyridine rings is 1. The van der Waals surface area contributed by atoms with Crippen LogP contribution in [0.25, 0.3) is 11.2 Å². The Morgan fingerprint density at radius 2 is 1.77 bits per heavy atom. The van der Waals surface area contributed by atoms with Crippen LogP contribution in [0.4, 0.5) is 0 Å². The number of nitrogens with two attached hydrogens (primary N) is 1. The van der Waals surface area contributed by atoms with Gasteiger partial charge in [0.05, 0.1) is 32.9 Å². The van der Waals surface area contributed by atoms with E-state index in [0.717, 1.165) is 74.7 Å². The van der Waals surface area contributed by atoms with Gasteiger partial charge in [-0.2, -0.15) is 0 Å². The number of morpholine rings is 1. The van der Waals surface area contributed by atoms with Gasteiger partial charge in [0.15, 0.2) is 5.65 Å². The minimum absolute atomic E-state index is 0.263. The molecule has 0 radical (unpaired) electrons. The van der Waals surface area contributed by atoms with Crippen molar-refractivity contribution in [1.82, 2.24) is 24.8 Å². The van der Waals surface area contributed by atoms with Gasteiger partial charge in [-0.3, -0.25) is 15.0 Å². The van der Waals surface area contributed by atoms with E-state index in [9.17, 15) is 4.79 Å². The highest BCUT2D eigenvalue weighted by Crippen LogP contribution is 2.49. The van der Waals surface area contributed by atoms with Crippen molar-refractivity contribution in [2.45, 2.75) is 56.5 Å². The highest BCUT2D eigenvalue weighted by atomic mass is 16.6. The number of rotatable bonds is 10. The number of imidazole rings is 1. The number of aromatic nitrogens is 3. The van der Waals surface area contributed by atoms with Gasteiger partial charge >= 0.3 is 0 Å². The normalized spacial score (nSPS) is 25.0. The van der Waals surface area contributed by atoms with Gasteiger partial charge < -0.3 is 19.8 Å². The fourth-order valence-electron chi connectivity index (χ4n) is 7.08. The van der Waals surface area contributed by atoms with E-state index < -0.39 is 11.8 Å². The molecule has 3 N–H and O–H groups in total. The third kappa shape index (κ3) is 5.95. The van der Waals surface area contributed by atoms with E-state index >= 15 is 0 Å². The zero-order valence-electron chi connectivity index (χ0n) is 24.5. The number of fused-ring (bicyclic) bond motifs is 1. The minimum atomic E-state index is -0.584. The van der Waals surface area contributed by atoms with Crippen LogP contribution in [0.5, 0.6) is 0 Å². The standard InChI is InChI=1S/C34H40N6O3/c35-32(41)31(26-7-2-1-3-8-26)38-34(23-43-34)28-10-5-4-9-27(28)25-14-12-24(13-15-25)21-40-30(22-39-17-19-42-20-18-39)37-29-11-6-16-36-33(29)40/h1-3,6-8,11-16,27-28,31,38H,4-5,9-10,17-23H2,(H2,35,41)/t27-,28+,31-,34?/m0/s1. The molecule has 2 saturated heterocycles. The smallest absolute Gasteiger partial charge is 0.239 e. The summed E-state index contributed by atoms with van der Waals surface area (Å²) in [7, 11) is 0. The monoisotopic (exact) mass is 580 g/mol. The summed E-state index contributed by atoms with van der Waals surface area (Å²) in [5.41, 5.74) is 10.6. The first kappa shape index (κ1) is 28.2. The number of nitrogens with zero attached hydrogens (tertiary/aromatic N) is 4. The van der Waals surface area contributed by atoms with Crippen LogP contribution in [0, 0.1) is 5.92 Å². The lowest BCUT2D eigenvalue weighted by atomic mass is 9.71. The van der Waals surface area contributed by atoms with Crippen LogP contribution in [0.1, 0.15) is 60.2 Å². The zero-order chi connectivity index (χ0) is 29.2. The highest BCUT2D eigenvalue weighted by molar-refractivity contribution is 5.81. The average molecular weight is 581 g/mol. The Hall–Kier alpha value is -3.63.